The molecule has 2 heterocycles. The second kappa shape index (κ2) is 9.23. The SMILES string of the molecule is Cc1nc2cc(-c3cc(C#N)cc(C(=O)NC4CC5(C4)CC(Oc4ncccc4C(N)=O)C5)c3)ccc2s1. The van der Waals surface area contributed by atoms with Gasteiger partial charge in [-0.3, -0.25) is 9.59 Å². The Bertz CT molecular complexity index is 1620. The molecule has 0 aliphatic heterocycles. The number of aryl methyl sites for hydroxylation is 1. The van der Waals surface area contributed by atoms with E-state index in [-0.39, 0.29) is 34.9 Å². The number of ether oxygens (including phenoxy) is 1. The van der Waals surface area contributed by atoms with Crippen LogP contribution in [0.3, 0.4) is 0 Å². The number of aromatic nitrogens is 2. The molecule has 2 aromatic carbocycles. The van der Waals surface area contributed by atoms with Crippen molar-refractivity contribution in [1.29, 1.82) is 5.26 Å². The predicted molar refractivity (Wildman–Crippen MR) is 144 cm³/mol. The summed E-state index contributed by atoms with van der Waals surface area (Å²) in [6.45, 7) is 1.98. The highest BCUT2D eigenvalue weighted by Crippen LogP contribution is 2.56. The van der Waals surface area contributed by atoms with Gasteiger partial charge in [0.05, 0.1) is 26.9 Å². The number of nitrogens with one attached hydrogen (secondary N) is 1. The zero-order chi connectivity index (χ0) is 26.4. The van der Waals surface area contributed by atoms with Gasteiger partial charge in [0.25, 0.3) is 11.8 Å². The van der Waals surface area contributed by atoms with Crippen LogP contribution in [-0.2, 0) is 0 Å². The van der Waals surface area contributed by atoms with Crippen molar-refractivity contribution in [2.45, 2.75) is 44.8 Å². The van der Waals surface area contributed by atoms with Gasteiger partial charge < -0.3 is 15.8 Å². The van der Waals surface area contributed by atoms with E-state index in [0.717, 1.165) is 52.0 Å². The van der Waals surface area contributed by atoms with E-state index in [2.05, 4.69) is 21.4 Å². The first kappa shape index (κ1) is 24.1. The molecule has 0 bridgehead atoms. The largest absolute Gasteiger partial charge is 0.474 e. The molecular formula is C29H25N5O3S. The molecule has 0 unspecified atom stereocenters. The fraction of sp³-hybridized carbons (Fsp3) is 0.276. The quantitative estimate of drug-likeness (QED) is 0.375. The van der Waals surface area contributed by atoms with Crippen LogP contribution in [0.2, 0.25) is 0 Å². The summed E-state index contributed by atoms with van der Waals surface area (Å²) in [6.07, 6.45) is 4.99. The van der Waals surface area contributed by atoms with Crippen LogP contribution in [0.4, 0.5) is 0 Å². The number of hydrogen-bond donors (Lipinski definition) is 2. The van der Waals surface area contributed by atoms with Crippen LogP contribution < -0.4 is 15.8 Å². The first-order chi connectivity index (χ1) is 18.3. The molecule has 2 amide bonds. The van der Waals surface area contributed by atoms with Crippen molar-refractivity contribution >= 4 is 33.4 Å². The third kappa shape index (κ3) is 4.48. The van der Waals surface area contributed by atoms with E-state index in [1.165, 1.54) is 0 Å². The summed E-state index contributed by atoms with van der Waals surface area (Å²) in [4.78, 5) is 33.5. The molecule has 1 spiro atoms. The van der Waals surface area contributed by atoms with Gasteiger partial charge in [0.15, 0.2) is 0 Å². The number of primary amides is 1. The summed E-state index contributed by atoms with van der Waals surface area (Å²) in [7, 11) is 0. The topological polar surface area (TPSA) is 131 Å². The molecule has 190 valence electrons. The minimum Gasteiger partial charge on any atom is -0.474 e. The molecule has 4 aromatic rings. The van der Waals surface area contributed by atoms with E-state index >= 15 is 0 Å². The monoisotopic (exact) mass is 523 g/mol. The molecule has 0 atom stereocenters. The summed E-state index contributed by atoms with van der Waals surface area (Å²) in [5.41, 5.74) is 9.41. The Morgan fingerprint density at radius 2 is 1.95 bits per heavy atom. The van der Waals surface area contributed by atoms with E-state index in [4.69, 9.17) is 10.5 Å². The number of fused-ring (bicyclic) bond motifs is 1. The summed E-state index contributed by atoms with van der Waals surface area (Å²) in [5, 5.41) is 13.7. The van der Waals surface area contributed by atoms with Gasteiger partial charge >= 0.3 is 0 Å². The molecule has 9 heteroatoms. The average Bonchev–Trinajstić information content (AvgIpc) is 3.25. The van der Waals surface area contributed by atoms with E-state index in [1.807, 2.05) is 31.2 Å². The maximum atomic E-state index is 13.1. The predicted octanol–water partition coefficient (Wildman–Crippen LogP) is 4.76. The highest BCUT2D eigenvalue weighted by Gasteiger charge is 2.54. The number of amides is 2. The van der Waals surface area contributed by atoms with Gasteiger partial charge in [-0.05, 0) is 91.6 Å². The van der Waals surface area contributed by atoms with Crippen molar-refractivity contribution in [2.75, 3.05) is 0 Å². The number of benzene rings is 2. The normalized spacial score (nSPS) is 21.8. The van der Waals surface area contributed by atoms with Gasteiger partial charge in [0, 0.05) is 17.8 Å². The van der Waals surface area contributed by atoms with Crippen LogP contribution in [0.5, 0.6) is 5.88 Å². The van der Waals surface area contributed by atoms with Crippen molar-refractivity contribution in [3.8, 4) is 23.1 Å². The first-order valence-electron chi connectivity index (χ1n) is 12.5. The lowest BCUT2D eigenvalue weighted by molar-refractivity contribution is -0.0848. The molecule has 6 rings (SSSR count). The number of rotatable bonds is 6. The highest BCUT2D eigenvalue weighted by atomic mass is 32.1. The van der Waals surface area contributed by atoms with Gasteiger partial charge in [-0.15, -0.1) is 11.3 Å². The maximum Gasteiger partial charge on any atom is 0.254 e. The second-order valence-electron chi connectivity index (χ2n) is 10.3. The third-order valence-corrected chi connectivity index (χ3v) is 8.43. The molecule has 2 aliphatic carbocycles. The number of hydrogen-bond acceptors (Lipinski definition) is 7. The van der Waals surface area contributed by atoms with Crippen LogP contribution >= 0.6 is 11.3 Å². The van der Waals surface area contributed by atoms with Gasteiger partial charge in [-0.1, -0.05) is 6.07 Å². The van der Waals surface area contributed by atoms with Crippen LogP contribution in [0.1, 0.15) is 57.0 Å². The number of thiazole rings is 1. The minimum atomic E-state index is -0.559. The molecule has 2 aliphatic rings. The smallest absolute Gasteiger partial charge is 0.254 e. The lowest BCUT2D eigenvalue weighted by atomic mass is 9.53. The Morgan fingerprint density at radius 3 is 2.71 bits per heavy atom. The number of nitrogens with two attached hydrogens (primary N) is 1. The van der Waals surface area contributed by atoms with Crippen LogP contribution in [0.25, 0.3) is 21.3 Å². The first-order valence-corrected chi connectivity index (χ1v) is 13.3. The molecule has 0 saturated heterocycles. The Balaban J connectivity index is 1.09. The lowest BCUT2D eigenvalue weighted by Crippen LogP contribution is -2.58. The lowest BCUT2D eigenvalue weighted by Gasteiger charge is -2.57. The van der Waals surface area contributed by atoms with Gasteiger partial charge in [-0.25, -0.2) is 9.97 Å². The summed E-state index contributed by atoms with van der Waals surface area (Å²) in [5.74, 6) is -0.460. The standard InChI is InChI=1S/C29H25N5O3S/c1-16-33-24-10-18(4-5-25(24)38-16)19-7-17(15-30)8-20(9-19)27(36)34-21-11-29(12-21)13-22(14-29)37-28-23(26(31)35)3-2-6-32-28/h2-10,21-22H,11-14H2,1H3,(H2,31,35)(H,34,36). The van der Waals surface area contributed by atoms with Crippen LogP contribution in [0.15, 0.2) is 54.7 Å². The van der Waals surface area contributed by atoms with E-state index in [1.54, 1.807) is 41.8 Å². The van der Waals surface area contributed by atoms with E-state index < -0.39 is 5.91 Å². The number of carbonyl (C=O) groups is 2. The molecule has 2 aromatic heterocycles. The number of nitrogens with zero attached hydrogens (tertiary/aromatic N) is 3. The molecular weight excluding hydrogens is 498 g/mol. The van der Waals surface area contributed by atoms with Crippen molar-refractivity contribution in [3.63, 3.8) is 0 Å². The van der Waals surface area contributed by atoms with Crippen LogP contribution in [-0.4, -0.2) is 33.9 Å². The van der Waals surface area contributed by atoms with Gasteiger partial charge in [-0.2, -0.15) is 5.26 Å². The number of carbonyl (C=O) groups excluding carboxylic acids is 2. The fourth-order valence-electron chi connectivity index (χ4n) is 5.72. The molecule has 0 radical (unpaired) electrons. The zero-order valence-corrected chi connectivity index (χ0v) is 21.5. The molecule has 2 saturated carbocycles. The number of nitriles is 1. The van der Waals surface area contributed by atoms with Crippen LogP contribution in [0, 0.1) is 23.7 Å². The Hall–Kier alpha value is -4.29. The molecule has 3 N–H and O–H groups in total. The minimum absolute atomic E-state index is 0.0200. The summed E-state index contributed by atoms with van der Waals surface area (Å²) in [6, 6.07) is 16.8. The van der Waals surface area contributed by atoms with Gasteiger partial charge in [0.2, 0.25) is 5.88 Å². The Morgan fingerprint density at radius 1 is 1.13 bits per heavy atom. The van der Waals surface area contributed by atoms with Gasteiger partial charge in [0.1, 0.15) is 11.7 Å². The van der Waals surface area contributed by atoms with E-state index in [0.29, 0.717) is 11.1 Å². The molecule has 38 heavy (non-hydrogen) atoms. The summed E-state index contributed by atoms with van der Waals surface area (Å²) < 4.78 is 7.04. The fourth-order valence-corrected chi connectivity index (χ4v) is 6.53. The number of pyridine rings is 1. The van der Waals surface area contributed by atoms with E-state index in [9.17, 15) is 14.9 Å². The van der Waals surface area contributed by atoms with Crippen molar-refractivity contribution < 1.29 is 14.3 Å². The average molecular weight is 524 g/mol. The zero-order valence-electron chi connectivity index (χ0n) is 20.7. The molecule has 8 nitrogen and oxygen atoms in total. The maximum absolute atomic E-state index is 13.1. The van der Waals surface area contributed by atoms with Crippen molar-refractivity contribution in [1.82, 2.24) is 15.3 Å². The Kier molecular flexibility index (Phi) is 5.84. The second-order valence-corrected chi connectivity index (χ2v) is 11.5. The Labute approximate surface area is 223 Å². The third-order valence-electron chi connectivity index (χ3n) is 7.48. The van der Waals surface area contributed by atoms with Crippen molar-refractivity contribution in [2.24, 2.45) is 11.1 Å². The summed E-state index contributed by atoms with van der Waals surface area (Å²) >= 11 is 1.64. The molecule has 2 fully saturated rings. The van der Waals surface area contributed by atoms with Crippen molar-refractivity contribution in [3.05, 3.63) is 76.4 Å². The highest BCUT2D eigenvalue weighted by molar-refractivity contribution is 7.18.